The lowest BCUT2D eigenvalue weighted by molar-refractivity contribution is -0.121. The highest BCUT2D eigenvalue weighted by Gasteiger charge is 2.19. The number of carbonyl (C=O) groups is 1. The molecule has 4 aromatic rings. The lowest BCUT2D eigenvalue weighted by Gasteiger charge is -2.13. The normalized spacial score (nSPS) is 11.0. The molecule has 0 spiro atoms. The van der Waals surface area contributed by atoms with Crippen LogP contribution >= 0.6 is 0 Å². The molecule has 3 heterocycles. The first kappa shape index (κ1) is 20.3. The van der Waals surface area contributed by atoms with Gasteiger partial charge in [0.2, 0.25) is 11.7 Å². The summed E-state index contributed by atoms with van der Waals surface area (Å²) in [5, 5.41) is 7.25. The number of nitrogens with one attached hydrogen (secondary N) is 1. The number of nitrogens with zero attached hydrogens (tertiary/aromatic N) is 4. The minimum absolute atomic E-state index is 0.158. The Kier molecular flexibility index (Phi) is 5.79. The molecule has 0 atom stereocenters. The predicted molar refractivity (Wildman–Crippen MR) is 116 cm³/mol. The zero-order valence-corrected chi connectivity index (χ0v) is 17.2. The second-order valence-electron chi connectivity index (χ2n) is 7.14. The Morgan fingerprint density at radius 3 is 2.74 bits per heavy atom. The van der Waals surface area contributed by atoms with Crippen LogP contribution in [0.15, 0.2) is 70.6 Å². The number of fused-ring (bicyclic) bond motifs is 1. The molecule has 4 rings (SSSR count). The highest BCUT2D eigenvalue weighted by molar-refractivity contribution is 5.76. The van der Waals surface area contributed by atoms with Gasteiger partial charge in [0.1, 0.15) is 5.76 Å². The van der Waals surface area contributed by atoms with Crippen LogP contribution in [0.25, 0.3) is 17.2 Å². The number of benzene rings is 1. The summed E-state index contributed by atoms with van der Waals surface area (Å²) >= 11 is 0. The number of hydrogen-bond acceptors (Lipinski definition) is 5. The molecule has 8 heteroatoms. The number of furan rings is 1. The molecule has 0 saturated heterocycles. The quantitative estimate of drug-likeness (QED) is 0.445. The number of rotatable bonds is 8. The van der Waals surface area contributed by atoms with E-state index in [2.05, 4.69) is 22.0 Å². The molecule has 31 heavy (non-hydrogen) atoms. The number of hydrogen-bond donors (Lipinski definition) is 1. The Balaban J connectivity index is 1.64. The van der Waals surface area contributed by atoms with Crippen molar-refractivity contribution in [3.05, 3.63) is 88.8 Å². The Hall–Kier alpha value is -3.94. The second-order valence-corrected chi connectivity index (χ2v) is 7.14. The number of aromatic nitrogens is 4. The Labute approximate surface area is 178 Å². The van der Waals surface area contributed by atoms with Crippen molar-refractivity contribution in [1.82, 2.24) is 24.5 Å². The van der Waals surface area contributed by atoms with Crippen LogP contribution in [-0.2, 0) is 24.3 Å². The average Bonchev–Trinajstić information content (AvgIpc) is 3.46. The maximum atomic E-state index is 13.2. The van der Waals surface area contributed by atoms with Gasteiger partial charge in [-0.25, -0.2) is 0 Å². The van der Waals surface area contributed by atoms with Crippen molar-refractivity contribution < 1.29 is 9.21 Å². The van der Waals surface area contributed by atoms with Gasteiger partial charge in [-0.1, -0.05) is 36.4 Å². The third kappa shape index (κ3) is 4.18. The Morgan fingerprint density at radius 2 is 2.03 bits per heavy atom. The molecular formula is C23H23N5O3. The summed E-state index contributed by atoms with van der Waals surface area (Å²) in [5.74, 6) is 1.44. The van der Waals surface area contributed by atoms with E-state index < -0.39 is 0 Å². The lowest BCUT2D eigenvalue weighted by atomic mass is 10.1. The fourth-order valence-electron chi connectivity index (χ4n) is 3.48. The smallest absolute Gasteiger partial charge is 0.279 e. The van der Waals surface area contributed by atoms with E-state index in [-0.39, 0.29) is 17.9 Å². The minimum Gasteiger partial charge on any atom is -0.467 e. The van der Waals surface area contributed by atoms with Crippen LogP contribution in [0.2, 0.25) is 0 Å². The first-order chi connectivity index (χ1) is 15.1. The van der Waals surface area contributed by atoms with E-state index in [9.17, 15) is 9.59 Å². The zero-order chi connectivity index (χ0) is 21.8. The molecule has 1 N–H and O–H groups in total. The molecule has 0 bridgehead atoms. The standard InChI is InChI=1S/C23H23N5O3/c1-3-13-27-16(2)19(11-12-20(29)24-15-18-10-7-14-31-18)22(30)28-23(27)25-21(26-28)17-8-5-4-6-9-17/h3-10,14H,1,11-13,15H2,2H3,(H,24,29). The van der Waals surface area contributed by atoms with Crippen LogP contribution in [0.3, 0.4) is 0 Å². The molecule has 158 valence electrons. The molecule has 0 aliphatic heterocycles. The van der Waals surface area contributed by atoms with Gasteiger partial charge in [-0.15, -0.1) is 11.7 Å². The van der Waals surface area contributed by atoms with Crippen molar-refractivity contribution in [2.75, 3.05) is 0 Å². The van der Waals surface area contributed by atoms with Gasteiger partial charge >= 0.3 is 0 Å². The van der Waals surface area contributed by atoms with E-state index in [1.54, 1.807) is 24.5 Å². The van der Waals surface area contributed by atoms with Gasteiger partial charge in [-0.3, -0.25) is 9.59 Å². The number of carbonyl (C=O) groups excluding carboxylic acids is 1. The van der Waals surface area contributed by atoms with Crippen molar-refractivity contribution in [3.8, 4) is 11.4 Å². The maximum absolute atomic E-state index is 13.2. The highest BCUT2D eigenvalue weighted by Crippen LogP contribution is 2.17. The highest BCUT2D eigenvalue weighted by atomic mass is 16.3. The van der Waals surface area contributed by atoms with Crippen LogP contribution < -0.4 is 10.9 Å². The van der Waals surface area contributed by atoms with Gasteiger partial charge in [-0.05, 0) is 25.5 Å². The summed E-state index contributed by atoms with van der Waals surface area (Å²) in [6.45, 7) is 6.46. The zero-order valence-electron chi connectivity index (χ0n) is 17.2. The third-order valence-corrected chi connectivity index (χ3v) is 5.11. The van der Waals surface area contributed by atoms with E-state index in [0.29, 0.717) is 42.4 Å². The van der Waals surface area contributed by atoms with Crippen molar-refractivity contribution in [1.29, 1.82) is 0 Å². The minimum atomic E-state index is -0.263. The summed E-state index contributed by atoms with van der Waals surface area (Å²) < 4.78 is 8.43. The summed E-state index contributed by atoms with van der Waals surface area (Å²) in [5.41, 5.74) is 1.85. The third-order valence-electron chi connectivity index (χ3n) is 5.11. The van der Waals surface area contributed by atoms with Gasteiger partial charge < -0.3 is 14.3 Å². The molecular weight excluding hydrogens is 394 g/mol. The van der Waals surface area contributed by atoms with Crippen LogP contribution in [0, 0.1) is 6.92 Å². The number of allylic oxidation sites excluding steroid dienone is 1. The molecule has 1 aromatic carbocycles. The maximum Gasteiger partial charge on any atom is 0.279 e. The van der Waals surface area contributed by atoms with E-state index in [1.165, 1.54) is 4.52 Å². The molecule has 3 aromatic heterocycles. The average molecular weight is 417 g/mol. The van der Waals surface area contributed by atoms with Gasteiger partial charge in [0.05, 0.1) is 12.8 Å². The van der Waals surface area contributed by atoms with Crippen molar-refractivity contribution in [2.24, 2.45) is 0 Å². The molecule has 0 fully saturated rings. The fraction of sp³-hybridized carbons (Fsp3) is 0.217. The molecule has 0 saturated carbocycles. The summed E-state index contributed by atoms with van der Waals surface area (Å²) in [4.78, 5) is 30.1. The van der Waals surface area contributed by atoms with Gasteiger partial charge in [0.25, 0.3) is 5.56 Å². The summed E-state index contributed by atoms with van der Waals surface area (Å²) in [6.07, 6.45) is 3.77. The van der Waals surface area contributed by atoms with Gasteiger partial charge in [0, 0.05) is 29.8 Å². The number of amides is 1. The van der Waals surface area contributed by atoms with Crippen LogP contribution in [0.5, 0.6) is 0 Å². The van der Waals surface area contributed by atoms with E-state index >= 15 is 0 Å². The van der Waals surface area contributed by atoms with E-state index in [0.717, 1.165) is 11.3 Å². The molecule has 0 radical (unpaired) electrons. The molecule has 0 aliphatic carbocycles. The van der Waals surface area contributed by atoms with E-state index in [1.807, 2.05) is 41.8 Å². The largest absolute Gasteiger partial charge is 0.467 e. The van der Waals surface area contributed by atoms with Crippen LogP contribution in [0.1, 0.15) is 23.4 Å². The Morgan fingerprint density at radius 1 is 1.23 bits per heavy atom. The fourth-order valence-corrected chi connectivity index (χ4v) is 3.48. The first-order valence-electron chi connectivity index (χ1n) is 10.0. The Bertz CT molecular complexity index is 1270. The SMILES string of the molecule is C=CCn1c(C)c(CCC(=O)NCc2ccco2)c(=O)n2nc(-c3ccccc3)nc12. The molecule has 0 aliphatic rings. The lowest BCUT2D eigenvalue weighted by Crippen LogP contribution is -2.28. The second kappa shape index (κ2) is 8.83. The summed E-state index contributed by atoms with van der Waals surface area (Å²) in [6, 6.07) is 13.1. The van der Waals surface area contributed by atoms with Crippen molar-refractivity contribution in [3.63, 3.8) is 0 Å². The monoisotopic (exact) mass is 417 g/mol. The molecule has 1 amide bonds. The topological polar surface area (TPSA) is 94.4 Å². The molecule has 8 nitrogen and oxygen atoms in total. The van der Waals surface area contributed by atoms with Gasteiger partial charge in [0.15, 0.2) is 5.82 Å². The summed E-state index contributed by atoms with van der Waals surface area (Å²) in [7, 11) is 0. The predicted octanol–water partition coefficient (Wildman–Crippen LogP) is 2.89. The van der Waals surface area contributed by atoms with Crippen LogP contribution in [-0.4, -0.2) is 25.1 Å². The van der Waals surface area contributed by atoms with Gasteiger partial charge in [-0.2, -0.15) is 9.50 Å². The van der Waals surface area contributed by atoms with E-state index in [4.69, 9.17) is 4.42 Å². The van der Waals surface area contributed by atoms with Crippen molar-refractivity contribution in [2.45, 2.75) is 32.9 Å². The first-order valence-corrected chi connectivity index (χ1v) is 10.0. The van der Waals surface area contributed by atoms with Crippen molar-refractivity contribution >= 4 is 11.7 Å². The van der Waals surface area contributed by atoms with Crippen LogP contribution in [0.4, 0.5) is 0 Å². The molecule has 0 unspecified atom stereocenters.